The molecule has 0 bridgehead atoms. The summed E-state index contributed by atoms with van der Waals surface area (Å²) in [5.74, 6) is -0.383. The lowest BCUT2D eigenvalue weighted by atomic mass is 10.0. The highest BCUT2D eigenvalue weighted by molar-refractivity contribution is 7.47. The number of hydrogen-bond donors (Lipinski definition) is 4. The molecule has 62 heavy (non-hydrogen) atoms. The van der Waals surface area contributed by atoms with Crippen molar-refractivity contribution in [2.45, 2.75) is 200 Å². The maximum absolute atomic E-state index is 12.7. The number of allylic oxidation sites excluding steroid dienone is 11. The highest BCUT2D eigenvalue weighted by Gasteiger charge is 2.27. The van der Waals surface area contributed by atoms with Crippen molar-refractivity contribution in [2.75, 3.05) is 26.4 Å². The largest absolute Gasteiger partial charge is 0.472 e. The molecule has 0 aliphatic heterocycles. The summed E-state index contributed by atoms with van der Waals surface area (Å²) in [4.78, 5) is 35.1. The summed E-state index contributed by atoms with van der Waals surface area (Å²) >= 11 is 0. The van der Waals surface area contributed by atoms with E-state index in [1.807, 2.05) is 12.2 Å². The van der Waals surface area contributed by atoms with Crippen molar-refractivity contribution >= 4 is 19.8 Å². The number of phosphoric acid groups is 1. The predicted molar refractivity (Wildman–Crippen MR) is 252 cm³/mol. The molecule has 11 nitrogen and oxygen atoms in total. The van der Waals surface area contributed by atoms with E-state index in [1.54, 1.807) is 12.2 Å². The number of rotatable bonds is 43. The summed E-state index contributed by atoms with van der Waals surface area (Å²) in [5.41, 5.74) is 0. The quantitative estimate of drug-likeness (QED) is 0.0151. The van der Waals surface area contributed by atoms with Crippen molar-refractivity contribution in [3.8, 4) is 0 Å². The minimum Gasteiger partial charge on any atom is -0.462 e. The Morgan fingerprint density at radius 1 is 0.565 bits per heavy atom. The average Bonchev–Trinajstić information content (AvgIpc) is 3.25. The van der Waals surface area contributed by atoms with Gasteiger partial charge < -0.3 is 29.7 Å². The molecule has 0 aliphatic carbocycles. The molecule has 0 heterocycles. The average molecular weight is 895 g/mol. The van der Waals surface area contributed by atoms with Crippen LogP contribution in [0, 0.1) is 5.92 Å². The second kappa shape index (κ2) is 43.6. The smallest absolute Gasteiger partial charge is 0.462 e. The van der Waals surface area contributed by atoms with Crippen molar-refractivity contribution < 1.29 is 52.9 Å². The zero-order chi connectivity index (χ0) is 45.8. The fourth-order valence-electron chi connectivity index (χ4n) is 6.23. The van der Waals surface area contributed by atoms with Crippen molar-refractivity contribution in [1.82, 2.24) is 0 Å². The fraction of sp³-hybridized carbons (Fsp3) is 0.720. The molecule has 0 radical (unpaired) electrons. The molecule has 0 aromatic carbocycles. The third-order valence-corrected chi connectivity index (χ3v) is 10.9. The van der Waals surface area contributed by atoms with Gasteiger partial charge in [-0.2, -0.15) is 0 Å². The van der Waals surface area contributed by atoms with E-state index in [2.05, 4.69) is 73.9 Å². The van der Waals surface area contributed by atoms with E-state index in [9.17, 15) is 29.3 Å². The van der Waals surface area contributed by atoms with E-state index >= 15 is 0 Å². The number of aliphatic hydroxyl groups is 3. The van der Waals surface area contributed by atoms with Gasteiger partial charge in [0.05, 0.1) is 25.9 Å². The second-order valence-corrected chi connectivity index (χ2v) is 17.9. The molecule has 2 unspecified atom stereocenters. The van der Waals surface area contributed by atoms with Gasteiger partial charge in [-0.05, 0) is 50.9 Å². The first-order chi connectivity index (χ1) is 30.0. The molecule has 0 amide bonds. The minimum atomic E-state index is -4.68. The standard InChI is InChI=1S/C50H87O11P/c1-4-5-6-7-8-9-10-11-12-16-19-22-25-28-31-34-37-46(52)39-40-49(54)58-43-48(44-60-62(56,57)59-42-47(53)41-51)61-50(55)38-35-32-29-26-23-20-17-14-13-15-18-21-24-27-30-33-36-45(2)3/h5-6,8-9,11-12,19,22,28,31,34,37,45-48,51-53H,4,7,10,13-18,20-21,23-27,29-30,32-33,35-36,38-44H2,1-3H3,(H,56,57)/b6-5-,9-8-,12-11-,22-19-,31-28-,37-34-/t46?,47-,48+/m0/s1. The maximum Gasteiger partial charge on any atom is 0.472 e. The Bertz CT molecular complexity index is 1290. The third kappa shape index (κ3) is 44.0. The van der Waals surface area contributed by atoms with Gasteiger partial charge >= 0.3 is 19.8 Å². The van der Waals surface area contributed by atoms with Crippen molar-refractivity contribution in [3.05, 3.63) is 72.9 Å². The second-order valence-electron chi connectivity index (χ2n) is 16.4. The molecule has 0 saturated carbocycles. The summed E-state index contributed by atoms with van der Waals surface area (Å²) in [7, 11) is -4.68. The molecule has 358 valence electrons. The number of carbonyl (C=O) groups excluding carboxylic acids is 2. The van der Waals surface area contributed by atoms with Crippen LogP contribution in [0.15, 0.2) is 72.9 Å². The lowest BCUT2D eigenvalue weighted by molar-refractivity contribution is -0.161. The SMILES string of the molecule is CC/C=C\C/C=C\C/C=C\C/C=C\C/C=C\C=C/C(O)CCC(=O)OC[C@H](COP(=O)(O)OC[C@@H](O)CO)OC(=O)CCCCCCCCCCCCCCCCCCC(C)C. The number of aliphatic hydroxyl groups excluding tert-OH is 3. The van der Waals surface area contributed by atoms with Crippen LogP contribution in [0.25, 0.3) is 0 Å². The molecule has 0 aromatic heterocycles. The van der Waals surface area contributed by atoms with Gasteiger partial charge in [-0.3, -0.25) is 18.6 Å². The maximum atomic E-state index is 12.7. The third-order valence-electron chi connectivity index (χ3n) is 9.92. The Morgan fingerprint density at radius 2 is 1.03 bits per heavy atom. The van der Waals surface area contributed by atoms with Gasteiger partial charge in [0.2, 0.25) is 0 Å². The Balaban J connectivity index is 4.44. The van der Waals surface area contributed by atoms with E-state index in [0.717, 1.165) is 57.3 Å². The number of phosphoric ester groups is 1. The summed E-state index contributed by atoms with van der Waals surface area (Å²) in [5, 5.41) is 28.7. The molecule has 12 heteroatoms. The van der Waals surface area contributed by atoms with Gasteiger partial charge in [-0.15, -0.1) is 0 Å². The number of esters is 2. The number of carbonyl (C=O) groups is 2. The molecule has 0 spiro atoms. The zero-order valence-electron chi connectivity index (χ0n) is 38.8. The van der Waals surface area contributed by atoms with Gasteiger partial charge in [0.25, 0.3) is 0 Å². The minimum absolute atomic E-state index is 0.104. The molecule has 0 saturated heterocycles. The van der Waals surface area contributed by atoms with Crippen molar-refractivity contribution in [3.63, 3.8) is 0 Å². The molecular formula is C50H87O11P. The van der Waals surface area contributed by atoms with Crippen LogP contribution in [0.2, 0.25) is 0 Å². The summed E-state index contributed by atoms with van der Waals surface area (Å²) < 4.78 is 32.6. The van der Waals surface area contributed by atoms with Gasteiger partial charge in [0, 0.05) is 12.8 Å². The van der Waals surface area contributed by atoms with Crippen LogP contribution in [0.1, 0.15) is 181 Å². The Morgan fingerprint density at radius 3 is 1.53 bits per heavy atom. The van der Waals surface area contributed by atoms with Crippen LogP contribution in [0.3, 0.4) is 0 Å². The van der Waals surface area contributed by atoms with Gasteiger partial charge in [0.15, 0.2) is 6.10 Å². The van der Waals surface area contributed by atoms with Crippen LogP contribution in [-0.2, 0) is 32.7 Å². The molecule has 0 rings (SSSR count). The van der Waals surface area contributed by atoms with E-state index < -0.39 is 64.5 Å². The van der Waals surface area contributed by atoms with Crippen molar-refractivity contribution in [2.24, 2.45) is 5.92 Å². The molecule has 0 fully saturated rings. The first kappa shape index (κ1) is 59.4. The first-order valence-corrected chi connectivity index (χ1v) is 25.4. The molecular weight excluding hydrogens is 808 g/mol. The van der Waals surface area contributed by atoms with Crippen LogP contribution in [0.5, 0.6) is 0 Å². The van der Waals surface area contributed by atoms with E-state index in [-0.39, 0.29) is 19.3 Å². The lowest BCUT2D eigenvalue weighted by Crippen LogP contribution is -2.30. The van der Waals surface area contributed by atoms with Crippen LogP contribution < -0.4 is 0 Å². The monoisotopic (exact) mass is 895 g/mol. The first-order valence-electron chi connectivity index (χ1n) is 23.9. The number of hydrogen-bond acceptors (Lipinski definition) is 10. The van der Waals surface area contributed by atoms with Crippen LogP contribution in [0.4, 0.5) is 0 Å². The highest BCUT2D eigenvalue weighted by atomic mass is 31.2. The lowest BCUT2D eigenvalue weighted by Gasteiger charge is -2.20. The molecule has 0 aliphatic rings. The summed E-state index contributed by atoms with van der Waals surface area (Å²) in [6.07, 6.45) is 46.3. The normalized spacial score (nSPS) is 15.0. The Kier molecular flexibility index (Phi) is 41.8. The summed E-state index contributed by atoms with van der Waals surface area (Å²) in [6, 6.07) is 0. The molecule has 4 N–H and O–H groups in total. The van der Waals surface area contributed by atoms with Crippen LogP contribution >= 0.6 is 7.82 Å². The number of unbranched alkanes of at least 4 members (excludes halogenated alkanes) is 15. The van der Waals surface area contributed by atoms with Gasteiger partial charge in [-0.1, -0.05) is 196 Å². The Labute approximate surface area is 376 Å². The van der Waals surface area contributed by atoms with E-state index in [4.69, 9.17) is 19.1 Å². The van der Waals surface area contributed by atoms with Crippen LogP contribution in [-0.4, -0.2) is 76.9 Å². The molecule has 4 atom stereocenters. The summed E-state index contributed by atoms with van der Waals surface area (Å²) in [6.45, 7) is 4.35. The molecule has 0 aromatic rings. The predicted octanol–water partition coefficient (Wildman–Crippen LogP) is 12.1. The fourth-order valence-corrected chi connectivity index (χ4v) is 7.02. The topological polar surface area (TPSA) is 169 Å². The van der Waals surface area contributed by atoms with E-state index in [0.29, 0.717) is 6.42 Å². The zero-order valence-corrected chi connectivity index (χ0v) is 39.7. The highest BCUT2D eigenvalue weighted by Crippen LogP contribution is 2.43. The van der Waals surface area contributed by atoms with Gasteiger partial charge in [0.1, 0.15) is 12.7 Å². The Hall–Kier alpha value is -2.63. The van der Waals surface area contributed by atoms with E-state index in [1.165, 1.54) is 83.5 Å². The van der Waals surface area contributed by atoms with Gasteiger partial charge in [-0.25, -0.2) is 4.57 Å². The number of ether oxygens (including phenoxy) is 2. The van der Waals surface area contributed by atoms with Crippen molar-refractivity contribution in [1.29, 1.82) is 0 Å².